The fraction of sp³-hybridized carbons (Fsp3) is 0.500. The van der Waals surface area contributed by atoms with E-state index in [9.17, 15) is 4.79 Å². The van der Waals surface area contributed by atoms with E-state index in [2.05, 4.69) is 47.3 Å². The van der Waals surface area contributed by atoms with Crippen molar-refractivity contribution in [1.29, 1.82) is 0 Å². The number of hydrogen-bond acceptors (Lipinski definition) is 6. The molecule has 2 aliphatic rings. The summed E-state index contributed by atoms with van der Waals surface area (Å²) in [7, 11) is 0. The molecule has 1 N–H and O–H groups in total. The Morgan fingerprint density at radius 3 is 2.21 bits per heavy atom. The summed E-state index contributed by atoms with van der Waals surface area (Å²) in [6.45, 7) is 6.76. The van der Waals surface area contributed by atoms with Crippen LogP contribution in [0.25, 0.3) is 0 Å². The van der Waals surface area contributed by atoms with Gasteiger partial charge in [0.2, 0.25) is 5.95 Å². The van der Waals surface area contributed by atoms with Crippen LogP contribution in [0.4, 0.5) is 11.6 Å². The number of benzene rings is 1. The van der Waals surface area contributed by atoms with Crippen molar-refractivity contribution in [3.63, 3.8) is 0 Å². The largest absolute Gasteiger partial charge is 0.347 e. The maximum Gasteiger partial charge on any atom is 0.256 e. The van der Waals surface area contributed by atoms with Gasteiger partial charge in [-0.25, -0.2) is 9.97 Å². The van der Waals surface area contributed by atoms with Gasteiger partial charge in [0, 0.05) is 44.0 Å². The molecule has 0 atom stereocenters. The highest BCUT2D eigenvalue weighted by molar-refractivity contribution is 5.93. The van der Waals surface area contributed by atoms with E-state index in [1.54, 1.807) is 12.4 Å². The van der Waals surface area contributed by atoms with Crippen LogP contribution in [0.5, 0.6) is 0 Å². The molecule has 3 heterocycles. The first-order valence-electron chi connectivity index (χ1n) is 10.4. The molecule has 7 nitrogen and oxygen atoms in total. The highest BCUT2D eigenvalue weighted by Crippen LogP contribution is 2.31. The number of ether oxygens (including phenoxy) is 2. The summed E-state index contributed by atoms with van der Waals surface area (Å²) in [5.41, 5.74) is 4.02. The van der Waals surface area contributed by atoms with Gasteiger partial charge in [-0.2, -0.15) is 0 Å². The maximum absolute atomic E-state index is 12.8. The lowest BCUT2D eigenvalue weighted by molar-refractivity contribution is -0.181. The summed E-state index contributed by atoms with van der Waals surface area (Å²) in [6.07, 6.45) is 6.46. The van der Waals surface area contributed by atoms with Gasteiger partial charge in [-0.1, -0.05) is 32.0 Å². The molecule has 29 heavy (non-hydrogen) atoms. The first-order chi connectivity index (χ1) is 14.1. The zero-order chi connectivity index (χ0) is 20.3. The quantitative estimate of drug-likeness (QED) is 0.835. The van der Waals surface area contributed by atoms with Crippen molar-refractivity contribution in [2.24, 2.45) is 0 Å². The van der Waals surface area contributed by atoms with E-state index in [0.29, 0.717) is 50.7 Å². The normalized spacial score (nSPS) is 18.2. The number of nitrogens with one attached hydrogen (secondary N) is 1. The van der Waals surface area contributed by atoms with Crippen molar-refractivity contribution in [3.8, 4) is 0 Å². The van der Waals surface area contributed by atoms with Crippen LogP contribution in [0.3, 0.4) is 0 Å². The van der Waals surface area contributed by atoms with Gasteiger partial charge in [0.25, 0.3) is 5.91 Å². The molecule has 2 aliphatic heterocycles. The summed E-state index contributed by atoms with van der Waals surface area (Å²) < 4.78 is 11.5. The lowest BCUT2D eigenvalue weighted by atomic mass is 10.0. The molecule has 0 radical (unpaired) electrons. The topological polar surface area (TPSA) is 76.6 Å². The number of rotatable bonds is 5. The van der Waals surface area contributed by atoms with Crippen LogP contribution in [0.1, 0.15) is 48.2 Å². The van der Waals surface area contributed by atoms with Crippen molar-refractivity contribution in [3.05, 3.63) is 47.3 Å². The molecule has 2 fully saturated rings. The second-order valence-corrected chi connectivity index (χ2v) is 7.48. The predicted octanol–water partition coefficient (Wildman–Crippen LogP) is 3.32. The van der Waals surface area contributed by atoms with Crippen molar-refractivity contribution in [1.82, 2.24) is 14.9 Å². The molecule has 0 saturated carbocycles. The predicted molar refractivity (Wildman–Crippen MR) is 110 cm³/mol. The number of likely N-dealkylation sites (tertiary alicyclic amines) is 1. The fourth-order valence-corrected chi connectivity index (χ4v) is 4.04. The highest BCUT2D eigenvalue weighted by atomic mass is 16.7. The average Bonchev–Trinajstić information content (AvgIpc) is 3.22. The van der Waals surface area contributed by atoms with Crippen LogP contribution in [-0.4, -0.2) is 52.9 Å². The molecule has 2 aromatic rings. The maximum atomic E-state index is 12.8. The van der Waals surface area contributed by atoms with Crippen LogP contribution in [0, 0.1) is 0 Å². The van der Waals surface area contributed by atoms with Crippen molar-refractivity contribution >= 4 is 17.5 Å². The van der Waals surface area contributed by atoms with Gasteiger partial charge < -0.3 is 19.7 Å². The summed E-state index contributed by atoms with van der Waals surface area (Å²) >= 11 is 0. The van der Waals surface area contributed by atoms with Gasteiger partial charge in [-0.05, 0) is 24.0 Å². The number of para-hydroxylation sites is 1. The second-order valence-electron chi connectivity index (χ2n) is 7.48. The number of aromatic nitrogens is 2. The Morgan fingerprint density at radius 2 is 1.66 bits per heavy atom. The lowest BCUT2D eigenvalue weighted by Gasteiger charge is -2.37. The van der Waals surface area contributed by atoms with E-state index in [-0.39, 0.29) is 5.91 Å². The standard InChI is InChI=1S/C22H28N4O3/c1-3-16-6-5-7-17(4-2)19(16)25-21-23-14-18(15-24-21)20(27)26-10-8-22(9-11-26)28-12-13-29-22/h5-7,14-15H,3-4,8-13H2,1-2H3,(H,23,24,25). The fourth-order valence-electron chi connectivity index (χ4n) is 4.04. The van der Waals surface area contributed by atoms with E-state index in [4.69, 9.17) is 9.47 Å². The number of amides is 1. The Kier molecular flexibility index (Phi) is 5.78. The Labute approximate surface area is 171 Å². The Balaban J connectivity index is 1.43. The third-order valence-electron chi connectivity index (χ3n) is 5.76. The van der Waals surface area contributed by atoms with Crippen LogP contribution in [0.2, 0.25) is 0 Å². The zero-order valence-corrected chi connectivity index (χ0v) is 17.1. The SMILES string of the molecule is CCc1cccc(CC)c1Nc1ncc(C(=O)N2CCC3(CC2)OCCO3)cn1. The van der Waals surface area contributed by atoms with Gasteiger partial charge in [-0.15, -0.1) is 0 Å². The number of hydrogen-bond donors (Lipinski definition) is 1. The molecule has 4 rings (SSSR count). The third kappa shape index (κ3) is 4.11. The summed E-state index contributed by atoms with van der Waals surface area (Å²) in [4.78, 5) is 23.4. The Bertz CT molecular complexity index is 831. The summed E-state index contributed by atoms with van der Waals surface area (Å²) in [5, 5.41) is 3.34. The Hall–Kier alpha value is -2.51. The minimum atomic E-state index is -0.481. The Morgan fingerprint density at radius 1 is 1.07 bits per heavy atom. The van der Waals surface area contributed by atoms with Gasteiger partial charge >= 0.3 is 0 Å². The summed E-state index contributed by atoms with van der Waals surface area (Å²) in [6, 6.07) is 6.30. The van der Waals surface area contributed by atoms with Gasteiger partial charge in [0.15, 0.2) is 5.79 Å². The van der Waals surface area contributed by atoms with E-state index in [1.165, 1.54) is 11.1 Å². The molecule has 1 amide bonds. The monoisotopic (exact) mass is 396 g/mol. The number of anilines is 2. The molecule has 154 valence electrons. The minimum absolute atomic E-state index is 0.0485. The van der Waals surface area contributed by atoms with E-state index >= 15 is 0 Å². The molecule has 0 aliphatic carbocycles. The number of carbonyl (C=O) groups is 1. The molecule has 1 spiro atoms. The molecule has 1 aromatic heterocycles. The molecule has 7 heteroatoms. The molecule has 1 aromatic carbocycles. The van der Waals surface area contributed by atoms with Crippen molar-refractivity contribution in [2.75, 3.05) is 31.6 Å². The number of piperidine rings is 1. The first-order valence-corrected chi connectivity index (χ1v) is 10.4. The molecule has 0 bridgehead atoms. The van der Waals surface area contributed by atoms with Crippen molar-refractivity contribution < 1.29 is 14.3 Å². The van der Waals surface area contributed by atoms with Crippen LogP contribution in [-0.2, 0) is 22.3 Å². The smallest absolute Gasteiger partial charge is 0.256 e. The highest BCUT2D eigenvalue weighted by Gasteiger charge is 2.40. The molecular weight excluding hydrogens is 368 g/mol. The zero-order valence-electron chi connectivity index (χ0n) is 17.1. The third-order valence-corrected chi connectivity index (χ3v) is 5.76. The average molecular weight is 396 g/mol. The lowest BCUT2D eigenvalue weighted by Crippen LogP contribution is -2.47. The van der Waals surface area contributed by atoms with E-state index < -0.39 is 5.79 Å². The van der Waals surface area contributed by atoms with E-state index in [0.717, 1.165) is 18.5 Å². The summed E-state index contributed by atoms with van der Waals surface area (Å²) in [5.74, 6) is -0.0276. The van der Waals surface area contributed by atoms with Crippen LogP contribution >= 0.6 is 0 Å². The molecular formula is C22H28N4O3. The second kappa shape index (κ2) is 8.47. The molecule has 2 saturated heterocycles. The number of nitrogens with zero attached hydrogens (tertiary/aromatic N) is 3. The van der Waals surface area contributed by atoms with Gasteiger partial charge in [-0.3, -0.25) is 4.79 Å². The molecule has 0 unspecified atom stereocenters. The van der Waals surface area contributed by atoms with E-state index in [1.807, 2.05) is 4.90 Å². The minimum Gasteiger partial charge on any atom is -0.347 e. The number of carbonyl (C=O) groups excluding carboxylic acids is 1. The number of aryl methyl sites for hydroxylation is 2. The van der Waals surface area contributed by atoms with Crippen molar-refractivity contribution in [2.45, 2.75) is 45.3 Å². The van der Waals surface area contributed by atoms with Crippen LogP contribution in [0.15, 0.2) is 30.6 Å². The van der Waals surface area contributed by atoms with Gasteiger partial charge in [0.05, 0.1) is 18.8 Å². The first kappa shape index (κ1) is 19.8. The van der Waals surface area contributed by atoms with Crippen LogP contribution < -0.4 is 5.32 Å². The van der Waals surface area contributed by atoms with Gasteiger partial charge in [0.1, 0.15) is 0 Å².